The van der Waals surface area contributed by atoms with Crippen LogP contribution in [0.1, 0.15) is 11.5 Å². The standard InChI is InChI=1S/C18H19N3O4S/c1-13-4-3-5-14(12-13)18-21-20-17(25-18)10-11-19-26(22,23)16-8-6-15(24-2)7-9-16/h3-9,12,19H,10-11H2,1-2H3. The van der Waals surface area contributed by atoms with Gasteiger partial charge >= 0.3 is 0 Å². The Morgan fingerprint density at radius 2 is 1.88 bits per heavy atom. The zero-order valence-electron chi connectivity index (χ0n) is 14.5. The molecular weight excluding hydrogens is 354 g/mol. The van der Waals surface area contributed by atoms with Crippen molar-refractivity contribution in [1.29, 1.82) is 0 Å². The monoisotopic (exact) mass is 373 g/mol. The number of benzene rings is 2. The Morgan fingerprint density at radius 1 is 1.12 bits per heavy atom. The lowest BCUT2D eigenvalue weighted by Gasteiger charge is -2.06. The first kappa shape index (κ1) is 18.1. The van der Waals surface area contributed by atoms with Gasteiger partial charge in [0.2, 0.25) is 21.8 Å². The topological polar surface area (TPSA) is 94.3 Å². The summed E-state index contributed by atoms with van der Waals surface area (Å²) in [6, 6.07) is 13.9. The van der Waals surface area contributed by atoms with E-state index < -0.39 is 10.0 Å². The number of methoxy groups -OCH3 is 1. The molecule has 7 nitrogen and oxygen atoms in total. The van der Waals surface area contributed by atoms with Crippen LogP contribution in [-0.2, 0) is 16.4 Å². The third kappa shape index (κ3) is 4.27. The Kier molecular flexibility index (Phi) is 5.34. The number of nitrogens with zero attached hydrogens (tertiary/aromatic N) is 2. The van der Waals surface area contributed by atoms with Crippen molar-refractivity contribution in [2.45, 2.75) is 18.2 Å². The molecule has 0 fully saturated rings. The summed E-state index contributed by atoms with van der Waals surface area (Å²) in [6.07, 6.45) is 0.300. The average Bonchev–Trinajstić information content (AvgIpc) is 3.10. The van der Waals surface area contributed by atoms with Crippen LogP contribution in [0, 0.1) is 6.92 Å². The molecule has 0 unspecified atom stereocenters. The van der Waals surface area contributed by atoms with Crippen LogP contribution in [0.25, 0.3) is 11.5 Å². The highest BCUT2D eigenvalue weighted by Gasteiger charge is 2.15. The summed E-state index contributed by atoms with van der Waals surface area (Å²) >= 11 is 0. The van der Waals surface area contributed by atoms with Gasteiger partial charge in [0.25, 0.3) is 0 Å². The van der Waals surface area contributed by atoms with Crippen molar-refractivity contribution < 1.29 is 17.6 Å². The van der Waals surface area contributed by atoms with Gasteiger partial charge in [0.15, 0.2) is 0 Å². The van der Waals surface area contributed by atoms with E-state index in [1.807, 2.05) is 31.2 Å². The Labute approximate surface area is 152 Å². The lowest BCUT2D eigenvalue weighted by atomic mass is 10.1. The summed E-state index contributed by atoms with van der Waals surface area (Å²) in [5.41, 5.74) is 1.93. The molecule has 1 aromatic heterocycles. The second-order valence-corrected chi connectivity index (χ2v) is 7.46. The Bertz CT molecular complexity index is 982. The van der Waals surface area contributed by atoms with Gasteiger partial charge in [0, 0.05) is 18.5 Å². The fourth-order valence-electron chi connectivity index (χ4n) is 2.38. The van der Waals surface area contributed by atoms with E-state index in [-0.39, 0.29) is 11.4 Å². The number of hydrogen-bond acceptors (Lipinski definition) is 6. The molecule has 136 valence electrons. The highest BCUT2D eigenvalue weighted by atomic mass is 32.2. The molecule has 0 aliphatic rings. The average molecular weight is 373 g/mol. The van der Waals surface area contributed by atoms with Crippen LogP contribution in [0.3, 0.4) is 0 Å². The minimum atomic E-state index is -3.60. The summed E-state index contributed by atoms with van der Waals surface area (Å²) in [5, 5.41) is 7.98. The van der Waals surface area contributed by atoms with E-state index in [1.54, 1.807) is 12.1 Å². The van der Waals surface area contributed by atoms with Crippen LogP contribution in [0.5, 0.6) is 5.75 Å². The van der Waals surface area contributed by atoms with Gasteiger partial charge in [-0.3, -0.25) is 0 Å². The van der Waals surface area contributed by atoms with Crippen LogP contribution in [0.4, 0.5) is 0 Å². The van der Waals surface area contributed by atoms with Gasteiger partial charge in [0.1, 0.15) is 5.75 Å². The first-order chi connectivity index (χ1) is 12.5. The van der Waals surface area contributed by atoms with E-state index in [0.717, 1.165) is 11.1 Å². The number of ether oxygens (including phenoxy) is 1. The van der Waals surface area contributed by atoms with Crippen LogP contribution >= 0.6 is 0 Å². The van der Waals surface area contributed by atoms with Crippen molar-refractivity contribution in [3.05, 3.63) is 60.0 Å². The zero-order chi connectivity index (χ0) is 18.6. The van der Waals surface area contributed by atoms with E-state index in [2.05, 4.69) is 14.9 Å². The molecule has 2 aromatic carbocycles. The van der Waals surface area contributed by atoms with Gasteiger partial charge in [0.05, 0.1) is 12.0 Å². The molecule has 0 radical (unpaired) electrons. The molecule has 26 heavy (non-hydrogen) atoms. The maximum atomic E-state index is 12.3. The molecule has 0 aliphatic carbocycles. The Hall–Kier alpha value is -2.71. The Balaban J connectivity index is 1.61. The fraction of sp³-hybridized carbons (Fsp3) is 0.222. The Morgan fingerprint density at radius 3 is 2.58 bits per heavy atom. The molecule has 0 amide bonds. The molecular formula is C18H19N3O4S. The van der Waals surface area contributed by atoms with Crippen molar-refractivity contribution in [3.8, 4) is 17.2 Å². The summed E-state index contributed by atoms with van der Waals surface area (Å²) in [6.45, 7) is 2.14. The number of hydrogen-bond donors (Lipinski definition) is 1. The highest BCUT2D eigenvalue weighted by Crippen LogP contribution is 2.19. The first-order valence-electron chi connectivity index (χ1n) is 8.01. The fourth-order valence-corrected chi connectivity index (χ4v) is 3.41. The van der Waals surface area contributed by atoms with Crippen molar-refractivity contribution in [3.63, 3.8) is 0 Å². The quantitative estimate of drug-likeness (QED) is 0.684. The van der Waals surface area contributed by atoms with E-state index in [9.17, 15) is 8.42 Å². The van der Waals surface area contributed by atoms with Gasteiger partial charge in [-0.1, -0.05) is 17.7 Å². The number of rotatable bonds is 7. The number of aromatic nitrogens is 2. The first-order valence-corrected chi connectivity index (χ1v) is 9.49. The second kappa shape index (κ2) is 7.67. The SMILES string of the molecule is COc1ccc(S(=O)(=O)NCCc2nnc(-c3cccc(C)c3)o2)cc1. The van der Waals surface area contributed by atoms with Crippen molar-refractivity contribution >= 4 is 10.0 Å². The molecule has 3 rings (SSSR count). The molecule has 8 heteroatoms. The lowest BCUT2D eigenvalue weighted by molar-refractivity contribution is 0.414. The van der Waals surface area contributed by atoms with Gasteiger partial charge < -0.3 is 9.15 Å². The van der Waals surface area contributed by atoms with E-state index in [1.165, 1.54) is 19.2 Å². The minimum absolute atomic E-state index is 0.157. The van der Waals surface area contributed by atoms with Crippen LogP contribution in [-0.4, -0.2) is 32.3 Å². The zero-order valence-corrected chi connectivity index (χ0v) is 15.3. The number of nitrogens with one attached hydrogen (secondary N) is 1. The molecule has 3 aromatic rings. The molecule has 0 spiro atoms. The molecule has 0 saturated carbocycles. The summed E-state index contributed by atoms with van der Waals surface area (Å²) < 4.78 is 37.7. The van der Waals surface area contributed by atoms with Gasteiger partial charge in [-0.25, -0.2) is 13.1 Å². The molecule has 0 bridgehead atoms. The van der Waals surface area contributed by atoms with Gasteiger partial charge in [-0.05, 0) is 43.3 Å². The summed E-state index contributed by atoms with van der Waals surface area (Å²) in [4.78, 5) is 0.171. The molecule has 0 saturated heterocycles. The second-order valence-electron chi connectivity index (χ2n) is 5.69. The van der Waals surface area contributed by atoms with E-state index >= 15 is 0 Å². The number of aryl methyl sites for hydroxylation is 1. The normalized spacial score (nSPS) is 11.5. The van der Waals surface area contributed by atoms with Gasteiger partial charge in [-0.15, -0.1) is 10.2 Å². The highest BCUT2D eigenvalue weighted by molar-refractivity contribution is 7.89. The third-order valence-electron chi connectivity index (χ3n) is 3.73. The maximum Gasteiger partial charge on any atom is 0.247 e. The third-order valence-corrected chi connectivity index (χ3v) is 5.21. The maximum absolute atomic E-state index is 12.3. The molecule has 0 atom stereocenters. The smallest absolute Gasteiger partial charge is 0.247 e. The lowest BCUT2D eigenvalue weighted by Crippen LogP contribution is -2.26. The molecule has 1 N–H and O–H groups in total. The van der Waals surface area contributed by atoms with Crippen LogP contribution in [0.15, 0.2) is 57.8 Å². The van der Waals surface area contributed by atoms with Crippen molar-refractivity contribution in [2.24, 2.45) is 0 Å². The minimum Gasteiger partial charge on any atom is -0.497 e. The predicted molar refractivity (Wildman–Crippen MR) is 96.4 cm³/mol. The van der Waals surface area contributed by atoms with E-state index in [0.29, 0.717) is 24.0 Å². The predicted octanol–water partition coefficient (Wildman–Crippen LogP) is 2.57. The molecule has 0 aliphatic heterocycles. The van der Waals surface area contributed by atoms with Crippen LogP contribution < -0.4 is 9.46 Å². The van der Waals surface area contributed by atoms with E-state index in [4.69, 9.17) is 9.15 Å². The van der Waals surface area contributed by atoms with Crippen molar-refractivity contribution in [1.82, 2.24) is 14.9 Å². The molecule has 1 heterocycles. The number of sulfonamides is 1. The summed E-state index contributed by atoms with van der Waals surface area (Å²) in [7, 11) is -2.08. The van der Waals surface area contributed by atoms with Gasteiger partial charge in [-0.2, -0.15) is 0 Å². The van der Waals surface area contributed by atoms with Crippen LogP contribution in [0.2, 0.25) is 0 Å². The van der Waals surface area contributed by atoms with Crippen molar-refractivity contribution in [2.75, 3.05) is 13.7 Å². The largest absolute Gasteiger partial charge is 0.497 e. The summed E-state index contributed by atoms with van der Waals surface area (Å²) in [5.74, 6) is 1.39.